The maximum atomic E-state index is 13.4. The smallest absolute Gasteiger partial charge is 0.347 e. The van der Waals surface area contributed by atoms with Crippen molar-refractivity contribution in [3.8, 4) is 22.6 Å². The highest BCUT2D eigenvalue weighted by atomic mass is 79.9. The van der Waals surface area contributed by atoms with Crippen LogP contribution < -0.4 is 14.9 Å². The number of methoxy groups -OCH3 is 1. The summed E-state index contributed by atoms with van der Waals surface area (Å²) in [6.45, 7) is 0. The zero-order valence-electron chi connectivity index (χ0n) is 21.2. The van der Waals surface area contributed by atoms with Crippen LogP contribution in [0.4, 0.5) is 0 Å². The Labute approximate surface area is 265 Å². The Bertz CT molecular complexity index is 1820. The third-order valence-electron chi connectivity index (χ3n) is 6.03. The lowest BCUT2D eigenvalue weighted by atomic mass is 10.0. The molecular formula is C30H19Br3ClN3O4. The van der Waals surface area contributed by atoms with Gasteiger partial charge in [-0.25, -0.2) is 10.2 Å². The number of aromatic nitrogens is 1. The molecule has 0 saturated heterocycles. The predicted molar refractivity (Wildman–Crippen MR) is 171 cm³/mol. The quantitative estimate of drug-likeness (QED) is 0.0752. The second-order valence-corrected chi connectivity index (χ2v) is 11.8. The Morgan fingerprint density at radius 1 is 0.951 bits per heavy atom. The number of rotatable bonds is 7. The molecule has 7 nitrogen and oxygen atoms in total. The summed E-state index contributed by atoms with van der Waals surface area (Å²) in [5, 5.41) is 5.43. The van der Waals surface area contributed by atoms with Crippen LogP contribution in [-0.2, 0) is 0 Å². The van der Waals surface area contributed by atoms with Gasteiger partial charge < -0.3 is 14.5 Å². The van der Waals surface area contributed by atoms with Crippen molar-refractivity contribution in [2.75, 3.05) is 7.11 Å². The molecule has 0 aliphatic heterocycles. The van der Waals surface area contributed by atoms with E-state index in [1.165, 1.54) is 19.4 Å². The molecule has 4 aromatic carbocycles. The molecule has 41 heavy (non-hydrogen) atoms. The number of esters is 1. The van der Waals surface area contributed by atoms with Crippen molar-refractivity contribution >= 4 is 88.4 Å². The van der Waals surface area contributed by atoms with Crippen molar-refractivity contribution in [1.82, 2.24) is 10.4 Å². The first-order valence-electron chi connectivity index (χ1n) is 12.0. The Morgan fingerprint density at radius 3 is 2.49 bits per heavy atom. The molecule has 1 heterocycles. The van der Waals surface area contributed by atoms with Crippen LogP contribution in [0.15, 0.2) is 97.4 Å². The lowest BCUT2D eigenvalue weighted by Gasteiger charge is -2.12. The maximum Gasteiger partial charge on any atom is 0.347 e. The van der Waals surface area contributed by atoms with E-state index in [1.54, 1.807) is 24.3 Å². The van der Waals surface area contributed by atoms with Gasteiger partial charge in [-0.05, 0) is 70.0 Å². The minimum absolute atomic E-state index is 0.157. The van der Waals surface area contributed by atoms with Gasteiger partial charge in [0.25, 0.3) is 5.91 Å². The van der Waals surface area contributed by atoms with E-state index in [4.69, 9.17) is 21.1 Å². The fraction of sp³-hybridized carbons (Fsp3) is 0.0333. The van der Waals surface area contributed by atoms with Crippen LogP contribution in [0, 0.1) is 0 Å². The molecule has 2 N–H and O–H groups in total. The average molecular weight is 761 g/mol. The lowest BCUT2D eigenvalue weighted by Crippen LogP contribution is -2.19. The highest BCUT2D eigenvalue weighted by Crippen LogP contribution is 2.35. The van der Waals surface area contributed by atoms with Crippen molar-refractivity contribution in [3.63, 3.8) is 0 Å². The first-order valence-corrected chi connectivity index (χ1v) is 14.8. The van der Waals surface area contributed by atoms with Crippen molar-refractivity contribution in [2.24, 2.45) is 5.10 Å². The van der Waals surface area contributed by atoms with Crippen LogP contribution in [0.1, 0.15) is 26.4 Å². The van der Waals surface area contributed by atoms with Gasteiger partial charge in [0.2, 0.25) is 0 Å². The third-order valence-corrected chi connectivity index (χ3v) is 7.81. The number of carbonyl (C=O) groups is 2. The summed E-state index contributed by atoms with van der Waals surface area (Å²) in [5.41, 5.74) is 5.97. The third kappa shape index (κ3) is 6.41. The number of amides is 1. The minimum atomic E-state index is -0.678. The molecule has 0 spiro atoms. The number of nitrogens with one attached hydrogen (secondary N) is 2. The summed E-state index contributed by atoms with van der Waals surface area (Å²) in [7, 11) is 1.45. The van der Waals surface area contributed by atoms with E-state index in [0.717, 1.165) is 26.5 Å². The molecule has 0 aliphatic carbocycles. The van der Waals surface area contributed by atoms with Gasteiger partial charge >= 0.3 is 5.97 Å². The summed E-state index contributed by atoms with van der Waals surface area (Å²) in [6.07, 6.45) is 1.40. The number of nitrogens with zero attached hydrogens (tertiary/aromatic N) is 1. The van der Waals surface area contributed by atoms with Crippen molar-refractivity contribution in [3.05, 3.63) is 114 Å². The first kappa shape index (κ1) is 29.1. The van der Waals surface area contributed by atoms with E-state index < -0.39 is 11.9 Å². The maximum absolute atomic E-state index is 13.4. The number of halogens is 4. The number of hydrazone groups is 1. The van der Waals surface area contributed by atoms with Gasteiger partial charge in [0, 0.05) is 36.0 Å². The minimum Gasteiger partial charge on any atom is -0.496 e. The summed E-state index contributed by atoms with van der Waals surface area (Å²) in [6, 6.07) is 23.5. The molecule has 0 saturated carbocycles. The fourth-order valence-corrected chi connectivity index (χ4v) is 6.10. The van der Waals surface area contributed by atoms with E-state index in [1.807, 2.05) is 48.5 Å². The number of fused-ring (bicyclic) bond motifs is 1. The second kappa shape index (κ2) is 12.6. The SMILES string of the molecule is COc1ccc(Cl)cc1C(=O)Oc1c(Br)cc(Br)cc1C=NNC(=O)c1[nH]c2ccc(Br)cc2c1-c1ccccc1. The Balaban J connectivity index is 1.45. The van der Waals surface area contributed by atoms with E-state index in [9.17, 15) is 9.59 Å². The summed E-state index contributed by atoms with van der Waals surface area (Å²) in [5.74, 6) is -0.611. The number of H-pyrrole nitrogens is 1. The summed E-state index contributed by atoms with van der Waals surface area (Å²) >= 11 is 16.5. The molecule has 1 aromatic heterocycles. The van der Waals surface area contributed by atoms with E-state index in [0.29, 0.717) is 31.0 Å². The number of hydrogen-bond donors (Lipinski definition) is 2. The average Bonchev–Trinajstić information content (AvgIpc) is 3.33. The molecule has 11 heteroatoms. The molecule has 0 aliphatic rings. The largest absolute Gasteiger partial charge is 0.496 e. The number of benzene rings is 4. The molecule has 0 unspecified atom stereocenters. The fourth-order valence-electron chi connectivity index (χ4n) is 4.23. The van der Waals surface area contributed by atoms with Crippen LogP contribution in [0.5, 0.6) is 11.5 Å². The molecular weight excluding hydrogens is 742 g/mol. The zero-order chi connectivity index (χ0) is 29.1. The highest BCUT2D eigenvalue weighted by Gasteiger charge is 2.21. The highest BCUT2D eigenvalue weighted by molar-refractivity contribution is 9.11. The summed E-state index contributed by atoms with van der Waals surface area (Å²) in [4.78, 5) is 29.7. The molecule has 206 valence electrons. The lowest BCUT2D eigenvalue weighted by molar-refractivity contribution is 0.0729. The van der Waals surface area contributed by atoms with E-state index >= 15 is 0 Å². The molecule has 0 fully saturated rings. The van der Waals surface area contributed by atoms with Crippen molar-refractivity contribution in [2.45, 2.75) is 0 Å². The van der Waals surface area contributed by atoms with Crippen LogP contribution in [0.2, 0.25) is 5.02 Å². The van der Waals surface area contributed by atoms with Gasteiger partial charge in [0.1, 0.15) is 17.0 Å². The number of aromatic amines is 1. The van der Waals surface area contributed by atoms with Crippen LogP contribution in [-0.4, -0.2) is 30.2 Å². The first-order chi connectivity index (χ1) is 19.7. The topological polar surface area (TPSA) is 92.8 Å². The summed E-state index contributed by atoms with van der Waals surface area (Å²) < 4.78 is 13.1. The molecule has 1 amide bonds. The van der Waals surface area contributed by atoms with Crippen molar-refractivity contribution < 1.29 is 19.1 Å². The molecule has 5 rings (SSSR count). The van der Waals surface area contributed by atoms with E-state index in [-0.39, 0.29) is 11.3 Å². The number of carbonyl (C=O) groups excluding carboxylic acids is 2. The number of ether oxygens (including phenoxy) is 2. The monoisotopic (exact) mass is 757 g/mol. The van der Waals surface area contributed by atoms with Gasteiger partial charge in [0.05, 0.1) is 17.8 Å². The van der Waals surface area contributed by atoms with Gasteiger partial charge in [0.15, 0.2) is 5.75 Å². The Kier molecular flexibility index (Phi) is 8.94. The van der Waals surface area contributed by atoms with Crippen LogP contribution >= 0.6 is 59.4 Å². The second-order valence-electron chi connectivity index (χ2n) is 8.67. The molecule has 0 radical (unpaired) electrons. The van der Waals surface area contributed by atoms with Gasteiger partial charge in [-0.3, -0.25) is 4.79 Å². The van der Waals surface area contributed by atoms with Crippen molar-refractivity contribution in [1.29, 1.82) is 0 Å². The molecule has 0 atom stereocenters. The molecule has 5 aromatic rings. The molecule has 0 bridgehead atoms. The number of hydrogen-bond acceptors (Lipinski definition) is 5. The van der Waals surface area contributed by atoms with Gasteiger partial charge in [-0.2, -0.15) is 5.10 Å². The Morgan fingerprint density at radius 2 is 1.73 bits per heavy atom. The van der Waals surface area contributed by atoms with Crippen LogP contribution in [0.3, 0.4) is 0 Å². The van der Waals surface area contributed by atoms with Crippen LogP contribution in [0.25, 0.3) is 22.0 Å². The Hall–Kier alpha value is -3.44. The standard InChI is InChI=1S/C30H19Br3ClN3O4/c1-40-25-10-8-20(34)14-22(25)30(39)41-28-17(11-19(32)13-23(28)33)15-35-37-29(38)27-26(16-5-3-2-4-6-16)21-12-18(31)7-9-24(21)36-27/h2-15,36H,1H3,(H,37,38). The predicted octanol–water partition coefficient (Wildman–Crippen LogP) is 8.77. The zero-order valence-corrected chi connectivity index (χ0v) is 26.7. The van der Waals surface area contributed by atoms with E-state index in [2.05, 4.69) is 63.3 Å². The normalized spacial score (nSPS) is 11.1. The van der Waals surface area contributed by atoms with Gasteiger partial charge in [-0.1, -0.05) is 73.8 Å². The van der Waals surface area contributed by atoms with Gasteiger partial charge in [-0.15, -0.1) is 0 Å².